The summed E-state index contributed by atoms with van der Waals surface area (Å²) < 4.78 is 10.2. The van der Waals surface area contributed by atoms with Crippen molar-refractivity contribution in [3.8, 4) is 0 Å². The fourth-order valence-corrected chi connectivity index (χ4v) is 2.96. The van der Waals surface area contributed by atoms with Crippen molar-refractivity contribution in [3.63, 3.8) is 0 Å². The second-order valence-corrected chi connectivity index (χ2v) is 6.51. The predicted molar refractivity (Wildman–Crippen MR) is 86.4 cm³/mol. The first-order valence-electron chi connectivity index (χ1n) is 8.46. The van der Waals surface area contributed by atoms with E-state index in [4.69, 9.17) is 9.47 Å². The van der Waals surface area contributed by atoms with E-state index >= 15 is 0 Å². The van der Waals surface area contributed by atoms with Gasteiger partial charge in [0.25, 0.3) is 0 Å². The number of amides is 3. The molecule has 2 rings (SSSR count). The molecule has 2 aliphatic rings. The summed E-state index contributed by atoms with van der Waals surface area (Å²) in [6.45, 7) is 9.17. The molecular weight excluding hydrogens is 314 g/mol. The van der Waals surface area contributed by atoms with Crippen LogP contribution < -0.4 is 0 Å². The molecule has 0 radical (unpaired) electrons. The Morgan fingerprint density at radius 2 is 1.33 bits per heavy atom. The van der Waals surface area contributed by atoms with Crippen molar-refractivity contribution < 1.29 is 23.9 Å². The summed E-state index contributed by atoms with van der Waals surface area (Å²) in [4.78, 5) is 42.2. The highest BCUT2D eigenvalue weighted by atomic mass is 16.6. The third kappa shape index (κ3) is 3.98. The SMILES string of the molecule is CCOC(=O)N1CCN(C(=O)C(C)(C)C(=O)N2CCOCC2)CC1. The maximum absolute atomic E-state index is 12.8. The van der Waals surface area contributed by atoms with Crippen molar-refractivity contribution in [1.29, 1.82) is 0 Å². The van der Waals surface area contributed by atoms with E-state index in [1.807, 2.05) is 0 Å². The van der Waals surface area contributed by atoms with Crippen molar-refractivity contribution in [2.75, 3.05) is 59.1 Å². The minimum Gasteiger partial charge on any atom is -0.450 e. The summed E-state index contributed by atoms with van der Waals surface area (Å²) in [6, 6.07) is 0. The Bertz CT molecular complexity index is 480. The van der Waals surface area contributed by atoms with Gasteiger partial charge in [0.1, 0.15) is 5.41 Å². The van der Waals surface area contributed by atoms with E-state index in [0.29, 0.717) is 59.1 Å². The maximum Gasteiger partial charge on any atom is 0.409 e. The lowest BCUT2D eigenvalue weighted by Crippen LogP contribution is -2.57. The number of carbonyl (C=O) groups is 3. The summed E-state index contributed by atoms with van der Waals surface area (Å²) in [5, 5.41) is 0. The van der Waals surface area contributed by atoms with Crippen LogP contribution in [0.2, 0.25) is 0 Å². The van der Waals surface area contributed by atoms with Crippen LogP contribution in [0.4, 0.5) is 4.79 Å². The average Bonchev–Trinajstić information content (AvgIpc) is 2.61. The van der Waals surface area contributed by atoms with Gasteiger partial charge < -0.3 is 24.2 Å². The van der Waals surface area contributed by atoms with Gasteiger partial charge in [-0.2, -0.15) is 0 Å². The summed E-state index contributed by atoms with van der Waals surface area (Å²) in [5.74, 6) is -0.355. The van der Waals surface area contributed by atoms with Crippen molar-refractivity contribution in [2.24, 2.45) is 5.41 Å². The second-order valence-electron chi connectivity index (χ2n) is 6.51. The Hall–Kier alpha value is -1.83. The highest BCUT2D eigenvalue weighted by Gasteiger charge is 2.42. The molecule has 8 nitrogen and oxygen atoms in total. The lowest BCUT2D eigenvalue weighted by molar-refractivity contribution is -0.157. The van der Waals surface area contributed by atoms with Crippen molar-refractivity contribution in [1.82, 2.24) is 14.7 Å². The van der Waals surface area contributed by atoms with Crippen LogP contribution in [0.25, 0.3) is 0 Å². The number of hydrogen-bond acceptors (Lipinski definition) is 5. The highest BCUT2D eigenvalue weighted by molar-refractivity contribution is 6.04. The molecule has 0 aromatic heterocycles. The van der Waals surface area contributed by atoms with E-state index in [-0.39, 0.29) is 17.9 Å². The van der Waals surface area contributed by atoms with Crippen LogP contribution in [0.1, 0.15) is 20.8 Å². The third-order valence-electron chi connectivity index (χ3n) is 4.46. The largest absolute Gasteiger partial charge is 0.450 e. The van der Waals surface area contributed by atoms with Crippen LogP contribution in [-0.4, -0.2) is 91.7 Å². The van der Waals surface area contributed by atoms with Crippen LogP contribution in [-0.2, 0) is 19.1 Å². The number of piperazine rings is 1. The van der Waals surface area contributed by atoms with Crippen LogP contribution in [0.15, 0.2) is 0 Å². The molecule has 2 heterocycles. The number of carbonyl (C=O) groups excluding carboxylic acids is 3. The van der Waals surface area contributed by atoms with E-state index in [1.54, 1.807) is 35.5 Å². The molecule has 8 heteroatoms. The smallest absolute Gasteiger partial charge is 0.409 e. The Labute approximate surface area is 142 Å². The molecule has 0 atom stereocenters. The fourth-order valence-electron chi connectivity index (χ4n) is 2.96. The summed E-state index contributed by atoms with van der Waals surface area (Å²) >= 11 is 0. The maximum atomic E-state index is 12.8. The molecule has 2 fully saturated rings. The Balaban J connectivity index is 1.93. The second kappa shape index (κ2) is 7.83. The lowest BCUT2D eigenvalue weighted by atomic mass is 9.89. The van der Waals surface area contributed by atoms with Crippen LogP contribution in [0, 0.1) is 5.41 Å². The molecule has 2 saturated heterocycles. The molecule has 0 N–H and O–H groups in total. The standard InChI is InChI=1S/C16H27N3O5/c1-4-24-15(22)19-7-5-17(6-8-19)13(20)16(2,3)14(21)18-9-11-23-12-10-18/h4-12H2,1-3H3. The molecule has 0 aliphatic carbocycles. The van der Waals surface area contributed by atoms with E-state index in [0.717, 1.165) is 0 Å². The number of ether oxygens (including phenoxy) is 2. The number of morpholine rings is 1. The summed E-state index contributed by atoms with van der Waals surface area (Å²) in [5.41, 5.74) is -1.11. The van der Waals surface area contributed by atoms with Crippen LogP contribution in [0.5, 0.6) is 0 Å². The lowest BCUT2D eigenvalue weighted by Gasteiger charge is -2.39. The van der Waals surface area contributed by atoms with Gasteiger partial charge in [0.15, 0.2) is 0 Å². The minimum absolute atomic E-state index is 0.163. The molecule has 0 spiro atoms. The predicted octanol–water partition coefficient (Wildman–Crippen LogP) is 0.172. The number of hydrogen-bond donors (Lipinski definition) is 0. The first-order valence-corrected chi connectivity index (χ1v) is 8.46. The Morgan fingerprint density at radius 1 is 0.875 bits per heavy atom. The number of nitrogens with zero attached hydrogens (tertiary/aromatic N) is 3. The fraction of sp³-hybridized carbons (Fsp3) is 0.812. The van der Waals surface area contributed by atoms with Crippen LogP contribution in [0.3, 0.4) is 0 Å². The Morgan fingerprint density at radius 3 is 1.83 bits per heavy atom. The summed E-state index contributed by atoms with van der Waals surface area (Å²) in [6.07, 6.45) is -0.353. The molecule has 0 saturated carbocycles. The molecule has 24 heavy (non-hydrogen) atoms. The van der Waals surface area contributed by atoms with Gasteiger partial charge in [0.05, 0.1) is 19.8 Å². The van der Waals surface area contributed by atoms with Crippen molar-refractivity contribution >= 4 is 17.9 Å². The van der Waals surface area contributed by atoms with E-state index < -0.39 is 5.41 Å². The molecule has 2 aliphatic heterocycles. The topological polar surface area (TPSA) is 79.4 Å². The van der Waals surface area contributed by atoms with E-state index in [1.165, 1.54) is 0 Å². The molecular formula is C16H27N3O5. The van der Waals surface area contributed by atoms with E-state index in [2.05, 4.69) is 0 Å². The first kappa shape index (κ1) is 18.5. The minimum atomic E-state index is -1.11. The quantitative estimate of drug-likeness (QED) is 0.684. The van der Waals surface area contributed by atoms with Crippen molar-refractivity contribution in [2.45, 2.75) is 20.8 Å². The van der Waals surface area contributed by atoms with Gasteiger partial charge in [-0.25, -0.2) is 4.79 Å². The zero-order chi connectivity index (χ0) is 17.7. The summed E-state index contributed by atoms with van der Waals surface area (Å²) in [7, 11) is 0. The zero-order valence-electron chi connectivity index (χ0n) is 14.7. The van der Waals surface area contributed by atoms with Gasteiger partial charge in [-0.15, -0.1) is 0 Å². The highest BCUT2D eigenvalue weighted by Crippen LogP contribution is 2.24. The van der Waals surface area contributed by atoms with Gasteiger partial charge in [-0.3, -0.25) is 9.59 Å². The first-order chi connectivity index (χ1) is 11.4. The van der Waals surface area contributed by atoms with Gasteiger partial charge in [-0.05, 0) is 20.8 Å². The number of rotatable bonds is 3. The monoisotopic (exact) mass is 341 g/mol. The molecule has 136 valence electrons. The van der Waals surface area contributed by atoms with Gasteiger partial charge in [0, 0.05) is 39.3 Å². The van der Waals surface area contributed by atoms with Crippen LogP contribution >= 0.6 is 0 Å². The van der Waals surface area contributed by atoms with Crippen molar-refractivity contribution in [3.05, 3.63) is 0 Å². The van der Waals surface area contributed by atoms with Gasteiger partial charge in [0.2, 0.25) is 11.8 Å². The van der Waals surface area contributed by atoms with Gasteiger partial charge >= 0.3 is 6.09 Å². The zero-order valence-corrected chi connectivity index (χ0v) is 14.7. The average molecular weight is 341 g/mol. The molecule has 0 bridgehead atoms. The van der Waals surface area contributed by atoms with E-state index in [9.17, 15) is 14.4 Å². The molecule has 0 aromatic rings. The molecule has 0 aromatic carbocycles. The molecule has 0 unspecified atom stereocenters. The molecule has 3 amide bonds. The van der Waals surface area contributed by atoms with Gasteiger partial charge in [-0.1, -0.05) is 0 Å². The normalized spacial score (nSPS) is 19.2. The third-order valence-corrected chi connectivity index (χ3v) is 4.46. The Kier molecular flexibility index (Phi) is 6.04.